The topological polar surface area (TPSA) is 75.2 Å². The number of carbonyl (C=O) groups excluding carboxylic acids is 1. The van der Waals surface area contributed by atoms with Gasteiger partial charge in [-0.1, -0.05) is 29.8 Å². The van der Waals surface area contributed by atoms with Gasteiger partial charge >= 0.3 is 6.61 Å². The monoisotopic (exact) mass is 576 g/mol. The van der Waals surface area contributed by atoms with Crippen molar-refractivity contribution in [1.29, 1.82) is 0 Å². The van der Waals surface area contributed by atoms with Crippen LogP contribution in [-0.2, 0) is 17.9 Å². The van der Waals surface area contributed by atoms with E-state index in [1.54, 1.807) is 32.3 Å². The molecule has 0 saturated heterocycles. The van der Waals surface area contributed by atoms with Gasteiger partial charge in [-0.15, -0.1) is 24.0 Å². The van der Waals surface area contributed by atoms with E-state index in [0.717, 1.165) is 11.1 Å². The second kappa shape index (κ2) is 14.5. The van der Waals surface area contributed by atoms with Gasteiger partial charge in [0.25, 0.3) is 5.91 Å². The summed E-state index contributed by atoms with van der Waals surface area (Å²) in [5.41, 5.74) is 2.45. The fourth-order valence-corrected chi connectivity index (χ4v) is 2.76. The molecule has 0 radical (unpaired) electrons. The molecule has 2 aromatic rings. The molecule has 0 aliphatic rings. The molecule has 0 spiro atoms. The number of rotatable bonds is 10. The van der Waals surface area contributed by atoms with E-state index < -0.39 is 6.61 Å². The Morgan fingerprint density at radius 3 is 2.58 bits per heavy atom. The minimum absolute atomic E-state index is 0. The molecule has 0 aromatic heterocycles. The smallest absolute Gasteiger partial charge is 0.387 e. The van der Waals surface area contributed by atoms with Crippen molar-refractivity contribution in [2.75, 3.05) is 27.2 Å². The number of nitrogens with zero attached hydrogens (tertiary/aromatic N) is 2. The lowest BCUT2D eigenvalue weighted by Crippen LogP contribution is -2.36. The molecule has 0 aliphatic heterocycles. The predicted octanol–water partition coefficient (Wildman–Crippen LogP) is 3.94. The molecule has 0 unspecified atom stereocenters. The normalized spacial score (nSPS) is 10.9. The number of aryl methyl sites for hydroxylation is 1. The first kappa shape index (κ1) is 28.4. The highest BCUT2D eigenvalue weighted by atomic mass is 127. The van der Waals surface area contributed by atoms with Crippen LogP contribution in [0, 0.1) is 6.92 Å². The molecular weight excluding hydrogens is 545 g/mol. The fraction of sp³-hybridized carbons (Fsp3) is 0.391. The number of hydrogen-bond acceptors (Lipinski definition) is 4. The fourth-order valence-electron chi connectivity index (χ4n) is 2.76. The van der Waals surface area contributed by atoms with Crippen LogP contribution in [0.1, 0.15) is 23.6 Å². The summed E-state index contributed by atoms with van der Waals surface area (Å²) in [5, 5.41) is 6.28. The number of halogens is 3. The standard InChI is InChI=1S/C23H30F2N4O3.HI/c1-5-26-23(28-14-18-11-16(2)9-10-20(18)32-22(24)25)27-13-17-7-6-8-19(12-17)31-15-21(30)29(3)4;/h6-12,22H,5,13-15H2,1-4H3,(H2,26,27,28);1H. The molecule has 0 bridgehead atoms. The van der Waals surface area contributed by atoms with Gasteiger partial charge in [0.05, 0.1) is 6.54 Å². The number of guanidine groups is 1. The van der Waals surface area contributed by atoms with E-state index in [4.69, 9.17) is 4.74 Å². The summed E-state index contributed by atoms with van der Waals surface area (Å²) in [4.78, 5) is 17.7. The van der Waals surface area contributed by atoms with E-state index >= 15 is 0 Å². The molecule has 33 heavy (non-hydrogen) atoms. The Bertz CT molecular complexity index is 926. The van der Waals surface area contributed by atoms with Gasteiger partial charge in [-0.3, -0.25) is 4.79 Å². The number of hydrogen-bond donors (Lipinski definition) is 2. The van der Waals surface area contributed by atoms with Gasteiger partial charge < -0.3 is 25.0 Å². The zero-order valence-electron chi connectivity index (χ0n) is 19.2. The molecule has 0 atom stereocenters. The van der Waals surface area contributed by atoms with Crippen LogP contribution in [0.15, 0.2) is 47.5 Å². The van der Waals surface area contributed by atoms with Crippen LogP contribution >= 0.6 is 24.0 Å². The van der Waals surface area contributed by atoms with Gasteiger partial charge in [0.1, 0.15) is 11.5 Å². The van der Waals surface area contributed by atoms with Crippen molar-refractivity contribution in [1.82, 2.24) is 15.5 Å². The lowest BCUT2D eigenvalue weighted by atomic mass is 10.1. The first-order chi connectivity index (χ1) is 15.3. The molecule has 0 fully saturated rings. The third kappa shape index (κ3) is 10.2. The molecule has 10 heteroatoms. The predicted molar refractivity (Wildman–Crippen MR) is 136 cm³/mol. The molecule has 2 aromatic carbocycles. The molecule has 182 valence electrons. The maximum Gasteiger partial charge on any atom is 0.387 e. The summed E-state index contributed by atoms with van der Waals surface area (Å²) in [6.07, 6.45) is 0. The lowest BCUT2D eigenvalue weighted by Gasteiger charge is -2.15. The number of likely N-dealkylation sites (N-methyl/N-ethyl adjacent to an activating group) is 1. The number of aliphatic imine (C=N–C) groups is 1. The average molecular weight is 576 g/mol. The zero-order valence-corrected chi connectivity index (χ0v) is 21.6. The highest BCUT2D eigenvalue weighted by Gasteiger charge is 2.11. The summed E-state index contributed by atoms with van der Waals surface area (Å²) in [5.74, 6) is 1.12. The van der Waals surface area contributed by atoms with E-state index in [0.29, 0.717) is 30.4 Å². The summed E-state index contributed by atoms with van der Waals surface area (Å²) < 4.78 is 35.5. The molecule has 2 rings (SSSR count). The Morgan fingerprint density at radius 1 is 1.15 bits per heavy atom. The van der Waals surface area contributed by atoms with Gasteiger partial charge in [-0.25, -0.2) is 4.99 Å². The maximum atomic E-state index is 12.7. The Labute approximate surface area is 210 Å². The van der Waals surface area contributed by atoms with Crippen molar-refractivity contribution in [3.05, 3.63) is 59.2 Å². The number of benzene rings is 2. The number of ether oxygens (including phenoxy) is 2. The minimum atomic E-state index is -2.89. The maximum absolute atomic E-state index is 12.7. The lowest BCUT2D eigenvalue weighted by molar-refractivity contribution is -0.130. The van der Waals surface area contributed by atoms with Crippen LogP contribution in [0.4, 0.5) is 8.78 Å². The van der Waals surface area contributed by atoms with Crippen LogP contribution < -0.4 is 20.1 Å². The van der Waals surface area contributed by atoms with Gasteiger partial charge in [0.15, 0.2) is 12.6 Å². The molecule has 0 saturated carbocycles. The second-order valence-corrected chi connectivity index (χ2v) is 7.26. The highest BCUT2D eigenvalue weighted by molar-refractivity contribution is 14.0. The average Bonchev–Trinajstić information content (AvgIpc) is 2.75. The summed E-state index contributed by atoms with van der Waals surface area (Å²) in [6.45, 7) is 2.16. The first-order valence-electron chi connectivity index (χ1n) is 10.3. The summed E-state index contributed by atoms with van der Waals surface area (Å²) >= 11 is 0. The van der Waals surface area contributed by atoms with E-state index in [9.17, 15) is 13.6 Å². The third-order valence-electron chi connectivity index (χ3n) is 4.40. The Hall–Kier alpha value is -2.63. The van der Waals surface area contributed by atoms with Gasteiger partial charge in [0, 0.05) is 32.7 Å². The molecule has 1 amide bonds. The van der Waals surface area contributed by atoms with Gasteiger partial charge in [0.2, 0.25) is 0 Å². The molecule has 0 heterocycles. The van der Waals surface area contributed by atoms with Crippen molar-refractivity contribution >= 4 is 35.8 Å². The number of nitrogens with one attached hydrogen (secondary N) is 2. The molecular formula is C23H31F2IN4O3. The van der Waals surface area contributed by atoms with Crippen molar-refractivity contribution in [2.45, 2.75) is 33.5 Å². The van der Waals surface area contributed by atoms with E-state index in [1.165, 1.54) is 11.0 Å². The van der Waals surface area contributed by atoms with Crippen molar-refractivity contribution in [3.63, 3.8) is 0 Å². The van der Waals surface area contributed by atoms with Crippen molar-refractivity contribution in [2.24, 2.45) is 4.99 Å². The van der Waals surface area contributed by atoms with Crippen LogP contribution in [0.25, 0.3) is 0 Å². The van der Waals surface area contributed by atoms with Crippen LogP contribution in [0.2, 0.25) is 0 Å². The van der Waals surface area contributed by atoms with E-state index in [1.807, 2.05) is 32.0 Å². The summed E-state index contributed by atoms with van der Waals surface area (Å²) in [7, 11) is 3.34. The van der Waals surface area contributed by atoms with E-state index in [-0.39, 0.29) is 48.8 Å². The quantitative estimate of drug-likeness (QED) is 0.255. The van der Waals surface area contributed by atoms with Gasteiger partial charge in [-0.2, -0.15) is 8.78 Å². The third-order valence-corrected chi connectivity index (χ3v) is 4.40. The molecule has 2 N–H and O–H groups in total. The largest absolute Gasteiger partial charge is 0.484 e. The second-order valence-electron chi connectivity index (χ2n) is 7.26. The van der Waals surface area contributed by atoms with E-state index in [2.05, 4.69) is 20.4 Å². The van der Waals surface area contributed by atoms with Crippen molar-refractivity contribution < 1.29 is 23.0 Å². The highest BCUT2D eigenvalue weighted by Crippen LogP contribution is 2.22. The minimum Gasteiger partial charge on any atom is -0.484 e. The SMILES string of the molecule is CCNC(=NCc1cccc(OCC(=O)N(C)C)c1)NCc1cc(C)ccc1OC(F)F.I. The summed E-state index contributed by atoms with van der Waals surface area (Å²) in [6, 6.07) is 12.4. The number of alkyl halides is 2. The zero-order chi connectivity index (χ0) is 23.5. The van der Waals surface area contributed by atoms with Gasteiger partial charge in [-0.05, 0) is 37.6 Å². The van der Waals surface area contributed by atoms with Crippen LogP contribution in [0.3, 0.4) is 0 Å². The number of amides is 1. The molecule has 0 aliphatic carbocycles. The Balaban J connectivity index is 0.00000544. The van der Waals surface area contributed by atoms with Crippen LogP contribution in [-0.4, -0.2) is 50.6 Å². The van der Waals surface area contributed by atoms with Crippen LogP contribution in [0.5, 0.6) is 11.5 Å². The first-order valence-corrected chi connectivity index (χ1v) is 10.3. The Morgan fingerprint density at radius 2 is 1.91 bits per heavy atom. The molecule has 7 nitrogen and oxygen atoms in total. The Kier molecular flexibility index (Phi) is 12.5. The number of carbonyl (C=O) groups is 1. The van der Waals surface area contributed by atoms with Crippen molar-refractivity contribution in [3.8, 4) is 11.5 Å².